The average molecular weight is 1330 g/mol. The van der Waals surface area contributed by atoms with E-state index in [0.29, 0.717) is 5.82 Å². The summed E-state index contributed by atoms with van der Waals surface area (Å²) in [5, 5.41) is 0. The van der Waals surface area contributed by atoms with Crippen molar-refractivity contribution in [3.8, 4) is 84.9 Å². The molecule has 0 bridgehead atoms. The molecule has 102 heavy (non-hydrogen) atoms. The Morgan fingerprint density at radius 3 is 1.27 bits per heavy atom. The molecule has 16 nitrogen and oxygen atoms in total. The van der Waals surface area contributed by atoms with Crippen LogP contribution in [0.25, 0.3) is 118 Å². The van der Waals surface area contributed by atoms with Gasteiger partial charge in [-0.15, -0.1) is 0 Å². The topological polar surface area (TPSA) is 173 Å². The minimum Gasteiger partial charge on any atom is -0.327 e. The molecule has 0 aliphatic rings. The Morgan fingerprint density at radius 2 is 0.745 bits per heavy atom. The molecule has 0 N–H and O–H groups in total. The summed E-state index contributed by atoms with van der Waals surface area (Å²) in [6, 6.07) is 93.0. The molecule has 0 aliphatic heterocycles. The molecule has 0 fully saturated rings. The number of rotatable bonds is 8. The largest absolute Gasteiger partial charge is 0.327 e. The number of imidazole rings is 4. The number of hydrogen-bond donors (Lipinski definition) is 0. The summed E-state index contributed by atoms with van der Waals surface area (Å²) in [7, 11) is 2.05. The maximum absolute atomic E-state index is 4.65. The second-order valence-corrected chi connectivity index (χ2v) is 23.6. The van der Waals surface area contributed by atoms with Crippen LogP contribution in [-0.2, 0) is 7.05 Å². The van der Waals surface area contributed by atoms with Gasteiger partial charge < -0.3 is 8.97 Å². The van der Waals surface area contributed by atoms with E-state index in [9.17, 15) is 0 Å². The van der Waals surface area contributed by atoms with Crippen molar-refractivity contribution in [1.82, 2.24) is 77.7 Å². The Morgan fingerprint density at radius 1 is 0.304 bits per heavy atom. The molecule has 0 radical (unpaired) electrons. The molecule has 12 aromatic heterocycles. The second-order valence-electron chi connectivity index (χ2n) is 23.6. The van der Waals surface area contributed by atoms with Crippen molar-refractivity contribution in [1.29, 1.82) is 0 Å². The van der Waals surface area contributed by atoms with Crippen molar-refractivity contribution >= 4 is 33.4 Å². The van der Waals surface area contributed by atoms with Gasteiger partial charge in [0.25, 0.3) is 0 Å². The molecule has 12 heterocycles. The monoisotopic (exact) mass is 1330 g/mol. The van der Waals surface area contributed by atoms with Gasteiger partial charge in [-0.2, -0.15) is 0 Å². The van der Waals surface area contributed by atoms with Crippen LogP contribution < -0.4 is 0 Å². The zero-order valence-corrected chi connectivity index (χ0v) is 57.3. The molecule has 0 amide bonds. The first-order valence-electron chi connectivity index (χ1n) is 33.4. The molecule has 6 aromatic carbocycles. The van der Waals surface area contributed by atoms with E-state index < -0.39 is 0 Å². The highest BCUT2D eigenvalue weighted by Crippen LogP contribution is 2.29. The Balaban J connectivity index is 0.000000109. The highest BCUT2D eigenvalue weighted by atomic mass is 15.1. The molecular weight excluding hydrogens is 1260 g/mol. The average Bonchev–Trinajstić information content (AvgIpc) is 1.58. The van der Waals surface area contributed by atoms with Crippen molar-refractivity contribution in [2.45, 2.75) is 34.6 Å². The molecule has 18 aromatic rings. The highest BCUT2D eigenvalue weighted by molar-refractivity contribution is 5.81. The number of aromatic nitrogens is 16. The van der Waals surface area contributed by atoms with Gasteiger partial charge in [0, 0.05) is 95.8 Å². The van der Waals surface area contributed by atoms with Gasteiger partial charge in [0.05, 0.1) is 73.3 Å². The molecule has 0 saturated heterocycles. The molecule has 18 rings (SSSR count). The van der Waals surface area contributed by atoms with Crippen LogP contribution in [-0.4, -0.2) is 77.7 Å². The molecule has 0 unspecified atom stereocenters. The molecular formula is C86H72N16. The number of fused-ring (bicyclic) bond motifs is 4. The van der Waals surface area contributed by atoms with E-state index in [0.717, 1.165) is 113 Å². The number of aryl methyl sites for hydroxylation is 6. The maximum Gasteiger partial charge on any atom is 0.140 e. The summed E-state index contributed by atoms with van der Waals surface area (Å²) < 4.78 is 8.55. The van der Waals surface area contributed by atoms with E-state index in [2.05, 4.69) is 178 Å². The van der Waals surface area contributed by atoms with Gasteiger partial charge in [-0.05, 0) is 156 Å². The minimum absolute atomic E-state index is 0.712. The predicted octanol–water partition coefficient (Wildman–Crippen LogP) is 19.0. The van der Waals surface area contributed by atoms with E-state index in [4.69, 9.17) is 0 Å². The van der Waals surface area contributed by atoms with E-state index in [1.807, 2.05) is 233 Å². The highest BCUT2D eigenvalue weighted by Gasteiger charge is 2.14. The van der Waals surface area contributed by atoms with Crippen LogP contribution in [0.4, 0.5) is 0 Å². The van der Waals surface area contributed by atoms with Crippen LogP contribution in [0.5, 0.6) is 0 Å². The third kappa shape index (κ3) is 16.0. The first-order valence-corrected chi connectivity index (χ1v) is 33.4. The first-order chi connectivity index (χ1) is 50.1. The molecule has 0 aliphatic carbocycles. The molecule has 0 spiro atoms. The normalized spacial score (nSPS) is 10.6. The number of benzene rings is 6. The van der Waals surface area contributed by atoms with Gasteiger partial charge in [-0.25, -0.2) is 39.9 Å². The number of para-hydroxylation sites is 5. The maximum atomic E-state index is 4.65. The number of hydrogen-bond acceptors (Lipinski definition) is 12. The van der Waals surface area contributed by atoms with Crippen LogP contribution in [0.2, 0.25) is 0 Å². The van der Waals surface area contributed by atoms with Crippen molar-refractivity contribution in [3.05, 3.63) is 357 Å². The van der Waals surface area contributed by atoms with Gasteiger partial charge in [-0.3, -0.25) is 28.9 Å². The lowest BCUT2D eigenvalue weighted by Gasteiger charge is -2.06. The predicted molar refractivity (Wildman–Crippen MR) is 409 cm³/mol. The summed E-state index contributed by atoms with van der Waals surface area (Å²) in [5.41, 5.74) is 22.8. The quantitative estimate of drug-likeness (QED) is 0.141. The Hall–Kier alpha value is -13.6. The van der Waals surface area contributed by atoms with Gasteiger partial charge in [0.1, 0.15) is 34.6 Å². The number of pyridine rings is 6. The van der Waals surface area contributed by atoms with Crippen LogP contribution in [0.1, 0.15) is 28.9 Å². The summed E-state index contributed by atoms with van der Waals surface area (Å²) in [4.78, 5) is 52.9. The van der Waals surface area contributed by atoms with Gasteiger partial charge in [0.15, 0.2) is 0 Å². The fraction of sp³-hybridized carbons (Fsp3) is 0.0698. The zero-order chi connectivity index (χ0) is 70.0. The zero-order valence-electron chi connectivity index (χ0n) is 57.3. The number of nitrogens with zero attached hydrogens (tertiary/aromatic N) is 16. The Kier molecular flexibility index (Phi) is 21.1. The fourth-order valence-corrected chi connectivity index (χ4v) is 11.9. The van der Waals surface area contributed by atoms with Crippen molar-refractivity contribution in [3.63, 3.8) is 0 Å². The molecule has 0 saturated carbocycles. The Labute approximate surface area is 591 Å². The summed E-state index contributed by atoms with van der Waals surface area (Å²) in [6.07, 6.45) is 14.7. The lowest BCUT2D eigenvalue weighted by atomic mass is 10.1. The fourth-order valence-electron chi connectivity index (χ4n) is 11.9. The molecule has 16 heteroatoms. The smallest absolute Gasteiger partial charge is 0.140 e. The Bertz CT molecular complexity index is 5210. The van der Waals surface area contributed by atoms with Crippen molar-refractivity contribution < 1.29 is 0 Å². The third-order valence-corrected chi connectivity index (χ3v) is 16.6. The lowest BCUT2D eigenvalue weighted by molar-refractivity contribution is 0.959. The van der Waals surface area contributed by atoms with Crippen LogP contribution in [0, 0.1) is 34.6 Å². The SMILES string of the molecule is Cc1c(-c2ccccc2)nc2ccccn12.Cc1nc(-c2ccccn2)cc(-c2ccccn2)n1.Cc1nc(-c2ccncc2)cc(-c2ccncc2)n1.Cc1nc2ccccc2n1-c1ccccc1.Cc1nc2ccccn2c1-c1ccccc1.Cn1c(-c2ccccc2)nc2ccccc21. The third-order valence-electron chi connectivity index (χ3n) is 16.6. The second kappa shape index (κ2) is 32.2. The van der Waals surface area contributed by atoms with E-state index >= 15 is 0 Å². The van der Waals surface area contributed by atoms with E-state index in [1.54, 1.807) is 37.2 Å². The summed E-state index contributed by atoms with van der Waals surface area (Å²) in [6.45, 7) is 9.96. The van der Waals surface area contributed by atoms with Gasteiger partial charge >= 0.3 is 0 Å². The van der Waals surface area contributed by atoms with Crippen LogP contribution in [0.3, 0.4) is 0 Å². The van der Waals surface area contributed by atoms with Crippen LogP contribution >= 0.6 is 0 Å². The molecule has 0 atom stereocenters. The van der Waals surface area contributed by atoms with E-state index in [-0.39, 0.29) is 0 Å². The van der Waals surface area contributed by atoms with Crippen molar-refractivity contribution in [2.24, 2.45) is 7.05 Å². The van der Waals surface area contributed by atoms with Gasteiger partial charge in [-0.1, -0.05) is 158 Å². The molecule has 496 valence electrons. The minimum atomic E-state index is 0.712. The van der Waals surface area contributed by atoms with E-state index in [1.165, 1.54) is 28.0 Å². The lowest BCUT2D eigenvalue weighted by Crippen LogP contribution is -1.96. The summed E-state index contributed by atoms with van der Waals surface area (Å²) in [5.74, 6) is 3.50. The first kappa shape index (κ1) is 67.0. The van der Waals surface area contributed by atoms with Crippen molar-refractivity contribution in [2.75, 3.05) is 0 Å². The van der Waals surface area contributed by atoms with Gasteiger partial charge in [0.2, 0.25) is 0 Å². The summed E-state index contributed by atoms with van der Waals surface area (Å²) >= 11 is 0. The standard InChI is InChI=1S/2C15H12N4.4C14H12N2/c1-11-18-14(12-2-6-16-7-3-12)10-15(19-11)13-4-8-17-9-5-13;1-11-18-14(12-6-2-4-8-16-12)10-15(19-11)13-7-3-5-9-17-13;1-16-13-10-6-5-9-12(13)15-14(16)11-7-3-2-4-8-11;1-11-14(12-7-3-2-4-8-12)15-13-9-5-6-10-16(11)13;1-11-14(12-7-3-2-4-8-12)16-10-6-5-9-13(16)15-11;1-11-15-13-9-5-6-10-14(13)16(11)12-7-3-2-4-8-12/h2*2-10H,1H3;4*2-10H,1H3. The van der Waals surface area contributed by atoms with Crippen LogP contribution in [0.15, 0.2) is 329 Å².